The maximum atomic E-state index is 12.9. The van der Waals surface area contributed by atoms with Crippen molar-refractivity contribution in [3.63, 3.8) is 0 Å². The number of allylic oxidation sites excluding steroid dienone is 2. The number of hydrogen-bond donors (Lipinski definition) is 0. The van der Waals surface area contributed by atoms with E-state index in [1.54, 1.807) is 0 Å². The fraction of sp³-hybridized carbons (Fsp3) is 0.923. The van der Waals surface area contributed by atoms with Gasteiger partial charge in [-0.3, -0.25) is 14.4 Å². The van der Waals surface area contributed by atoms with Gasteiger partial charge in [-0.15, -0.1) is 0 Å². The van der Waals surface area contributed by atoms with E-state index in [-0.39, 0.29) is 31.1 Å². The molecule has 420 valence electrons. The van der Waals surface area contributed by atoms with Crippen LogP contribution in [-0.2, 0) is 28.6 Å². The van der Waals surface area contributed by atoms with Crippen molar-refractivity contribution in [1.29, 1.82) is 0 Å². The molecule has 0 bridgehead atoms. The van der Waals surface area contributed by atoms with E-state index in [1.807, 2.05) is 0 Å². The molecule has 0 saturated carbocycles. The fourth-order valence-corrected chi connectivity index (χ4v) is 9.91. The first kappa shape index (κ1) is 69.2. The zero-order valence-electron chi connectivity index (χ0n) is 48.3. The zero-order chi connectivity index (χ0) is 51.4. The molecule has 0 saturated heterocycles. The molecule has 0 aliphatic rings. The van der Waals surface area contributed by atoms with E-state index in [2.05, 4.69) is 32.9 Å². The first-order chi connectivity index (χ1) is 35.0. The van der Waals surface area contributed by atoms with Gasteiger partial charge in [-0.2, -0.15) is 0 Å². The Kier molecular flexibility index (Phi) is 59.1. The minimum Gasteiger partial charge on any atom is -0.462 e. The Morgan fingerprint density at radius 2 is 0.465 bits per heavy atom. The molecule has 0 amide bonds. The second-order valence-corrected chi connectivity index (χ2v) is 22.0. The van der Waals surface area contributed by atoms with E-state index in [0.29, 0.717) is 19.3 Å². The molecular formula is C65H124O6. The molecule has 71 heavy (non-hydrogen) atoms. The molecule has 6 heteroatoms. The van der Waals surface area contributed by atoms with Gasteiger partial charge in [0.1, 0.15) is 13.2 Å². The van der Waals surface area contributed by atoms with E-state index in [0.717, 1.165) is 57.8 Å². The van der Waals surface area contributed by atoms with Crippen molar-refractivity contribution in [3.05, 3.63) is 12.2 Å². The second kappa shape index (κ2) is 60.7. The summed E-state index contributed by atoms with van der Waals surface area (Å²) in [6, 6.07) is 0. The van der Waals surface area contributed by atoms with Gasteiger partial charge in [0.25, 0.3) is 0 Å². The minimum atomic E-state index is -0.764. The highest BCUT2D eigenvalue weighted by Gasteiger charge is 2.19. The van der Waals surface area contributed by atoms with Crippen LogP contribution < -0.4 is 0 Å². The molecule has 0 N–H and O–H groups in total. The summed E-state index contributed by atoms with van der Waals surface area (Å²) in [5.41, 5.74) is 0. The number of rotatable bonds is 60. The van der Waals surface area contributed by atoms with Crippen LogP contribution in [0.25, 0.3) is 0 Å². The van der Waals surface area contributed by atoms with Crippen LogP contribution >= 0.6 is 0 Å². The first-order valence-corrected chi connectivity index (χ1v) is 32.2. The van der Waals surface area contributed by atoms with E-state index >= 15 is 0 Å². The molecule has 0 radical (unpaired) electrons. The number of unbranched alkanes of at least 4 members (excludes halogenated alkanes) is 47. The highest BCUT2D eigenvalue weighted by atomic mass is 16.6. The summed E-state index contributed by atoms with van der Waals surface area (Å²) in [5.74, 6) is -0.834. The molecule has 1 unspecified atom stereocenters. The Morgan fingerprint density at radius 1 is 0.268 bits per heavy atom. The predicted octanol–water partition coefficient (Wildman–Crippen LogP) is 21.7. The summed E-state index contributed by atoms with van der Waals surface area (Å²) in [6.45, 7) is 6.71. The number of carbonyl (C=O) groups is 3. The van der Waals surface area contributed by atoms with Crippen LogP contribution in [0.15, 0.2) is 12.2 Å². The van der Waals surface area contributed by atoms with Gasteiger partial charge in [0.05, 0.1) is 0 Å². The highest BCUT2D eigenvalue weighted by molar-refractivity contribution is 5.71. The van der Waals surface area contributed by atoms with Crippen molar-refractivity contribution in [2.75, 3.05) is 13.2 Å². The number of hydrogen-bond acceptors (Lipinski definition) is 6. The van der Waals surface area contributed by atoms with Gasteiger partial charge in [-0.25, -0.2) is 0 Å². The monoisotopic (exact) mass is 1000 g/mol. The van der Waals surface area contributed by atoms with Crippen LogP contribution in [0.2, 0.25) is 0 Å². The maximum Gasteiger partial charge on any atom is 0.306 e. The van der Waals surface area contributed by atoms with Crippen LogP contribution in [0.4, 0.5) is 0 Å². The van der Waals surface area contributed by atoms with Crippen LogP contribution in [0, 0.1) is 0 Å². The van der Waals surface area contributed by atoms with Gasteiger partial charge in [0.2, 0.25) is 0 Å². The average molecular weight is 1000 g/mol. The van der Waals surface area contributed by atoms with Crippen LogP contribution in [0.1, 0.15) is 367 Å². The average Bonchev–Trinajstić information content (AvgIpc) is 3.37. The lowest BCUT2D eigenvalue weighted by atomic mass is 10.0. The van der Waals surface area contributed by atoms with E-state index in [4.69, 9.17) is 14.2 Å². The Balaban J connectivity index is 4.19. The summed E-state index contributed by atoms with van der Waals surface area (Å²) in [7, 11) is 0. The van der Waals surface area contributed by atoms with E-state index < -0.39 is 6.10 Å². The van der Waals surface area contributed by atoms with Gasteiger partial charge < -0.3 is 14.2 Å². The molecule has 0 aliphatic heterocycles. The van der Waals surface area contributed by atoms with E-state index in [1.165, 1.54) is 270 Å². The molecule has 0 spiro atoms. The lowest BCUT2D eigenvalue weighted by molar-refractivity contribution is -0.167. The van der Waals surface area contributed by atoms with Crippen molar-refractivity contribution in [3.8, 4) is 0 Å². The summed E-state index contributed by atoms with van der Waals surface area (Å²) in [5, 5.41) is 0. The molecule has 0 aromatic rings. The molecule has 0 aliphatic carbocycles. The van der Waals surface area contributed by atoms with Crippen LogP contribution in [0.3, 0.4) is 0 Å². The Hall–Kier alpha value is -1.85. The maximum absolute atomic E-state index is 12.9. The van der Waals surface area contributed by atoms with Gasteiger partial charge >= 0.3 is 17.9 Å². The Morgan fingerprint density at radius 3 is 0.704 bits per heavy atom. The lowest BCUT2D eigenvalue weighted by Crippen LogP contribution is -2.30. The first-order valence-electron chi connectivity index (χ1n) is 32.2. The van der Waals surface area contributed by atoms with Crippen molar-refractivity contribution in [2.24, 2.45) is 0 Å². The van der Waals surface area contributed by atoms with Crippen molar-refractivity contribution < 1.29 is 28.6 Å². The second-order valence-electron chi connectivity index (χ2n) is 22.0. The Bertz CT molecular complexity index is 1100. The summed E-state index contributed by atoms with van der Waals surface area (Å²) >= 11 is 0. The molecule has 0 aromatic carbocycles. The van der Waals surface area contributed by atoms with Crippen molar-refractivity contribution in [1.82, 2.24) is 0 Å². The molecule has 1 atom stereocenters. The molecule has 0 heterocycles. The van der Waals surface area contributed by atoms with Gasteiger partial charge in [0.15, 0.2) is 6.10 Å². The smallest absolute Gasteiger partial charge is 0.306 e. The zero-order valence-corrected chi connectivity index (χ0v) is 48.3. The highest BCUT2D eigenvalue weighted by Crippen LogP contribution is 2.18. The SMILES string of the molecule is CCCCCCCCCC/C=C\CCCCCCCCCCCCCCCC(=O)OCC(COC(=O)CCCCCCCCCCCCCC)OC(=O)CCCCCCCCCCCCCCCCCC. The summed E-state index contributed by atoms with van der Waals surface area (Å²) in [4.78, 5) is 38.2. The predicted molar refractivity (Wildman–Crippen MR) is 307 cm³/mol. The van der Waals surface area contributed by atoms with Gasteiger partial charge in [0, 0.05) is 19.3 Å². The third kappa shape index (κ3) is 58.9. The molecular weight excluding hydrogens is 877 g/mol. The molecule has 0 rings (SSSR count). The molecule has 0 aromatic heterocycles. The molecule has 0 fully saturated rings. The number of esters is 3. The number of carbonyl (C=O) groups excluding carboxylic acids is 3. The van der Waals surface area contributed by atoms with Gasteiger partial charge in [-0.05, 0) is 44.9 Å². The summed E-state index contributed by atoms with van der Waals surface area (Å²) in [6.07, 6.45) is 70.8. The standard InChI is InChI=1S/C65H124O6/c1-4-7-10-13-16-19-22-25-27-29-30-31-32-33-34-35-36-37-39-40-43-46-49-52-55-58-64(67)70-61-62(60-69-63(66)57-54-51-48-45-42-24-21-18-15-12-9-6-3)71-65(68)59-56-53-50-47-44-41-38-28-26-23-20-17-14-11-8-5-2/h29-30,62H,4-28,31-61H2,1-3H3/b30-29-. The minimum absolute atomic E-state index is 0.0631. The normalized spacial score (nSPS) is 12.0. The largest absolute Gasteiger partial charge is 0.462 e. The fourth-order valence-electron chi connectivity index (χ4n) is 9.91. The van der Waals surface area contributed by atoms with Crippen molar-refractivity contribution >= 4 is 17.9 Å². The van der Waals surface area contributed by atoms with Gasteiger partial charge in [-0.1, -0.05) is 315 Å². The lowest BCUT2D eigenvalue weighted by Gasteiger charge is -2.18. The quantitative estimate of drug-likeness (QED) is 0.0261. The Labute approximate surface area is 443 Å². The third-order valence-electron chi connectivity index (χ3n) is 14.8. The topological polar surface area (TPSA) is 78.9 Å². The van der Waals surface area contributed by atoms with Crippen LogP contribution in [0.5, 0.6) is 0 Å². The van der Waals surface area contributed by atoms with Crippen LogP contribution in [-0.4, -0.2) is 37.2 Å². The third-order valence-corrected chi connectivity index (χ3v) is 14.8. The molecule has 6 nitrogen and oxygen atoms in total. The number of ether oxygens (including phenoxy) is 3. The van der Waals surface area contributed by atoms with Crippen molar-refractivity contribution in [2.45, 2.75) is 374 Å². The summed E-state index contributed by atoms with van der Waals surface area (Å²) < 4.78 is 16.9. The van der Waals surface area contributed by atoms with E-state index in [9.17, 15) is 14.4 Å².